The molecule has 1 heterocycles. The van der Waals surface area contributed by atoms with E-state index in [0.29, 0.717) is 22.7 Å². The Labute approximate surface area is 209 Å². The molecule has 3 aromatic rings. The van der Waals surface area contributed by atoms with Crippen molar-refractivity contribution in [2.45, 2.75) is 57.4 Å². The molecule has 0 fully saturated rings. The number of carbonyl (C=O) groups is 1. The number of aromatic nitrogens is 1. The predicted molar refractivity (Wildman–Crippen MR) is 132 cm³/mol. The van der Waals surface area contributed by atoms with E-state index in [1.54, 1.807) is 11.8 Å². The monoisotopic (exact) mass is 524 g/mol. The van der Waals surface area contributed by atoms with Gasteiger partial charge in [-0.25, -0.2) is 9.37 Å². The topological polar surface area (TPSA) is 62.5 Å². The van der Waals surface area contributed by atoms with Gasteiger partial charge < -0.3 is 5.11 Å². The molecule has 0 aliphatic heterocycles. The maximum Gasteiger partial charge on any atom is 0.419 e. The highest BCUT2D eigenvalue weighted by molar-refractivity contribution is 7.98. The zero-order chi connectivity index (χ0) is 25.9. The maximum atomic E-state index is 14.0. The van der Waals surface area contributed by atoms with Crippen molar-refractivity contribution in [1.29, 1.82) is 0 Å². The largest absolute Gasteiger partial charge is 0.481 e. The summed E-state index contributed by atoms with van der Waals surface area (Å²) in [5.74, 6) is -1.60. The number of rotatable bonds is 8. The number of aryl methyl sites for hydroxylation is 2. The van der Waals surface area contributed by atoms with Gasteiger partial charge in [-0.05, 0) is 69.5 Å². The average molecular weight is 525 g/mol. The smallest absolute Gasteiger partial charge is 0.419 e. The zero-order valence-corrected chi connectivity index (χ0v) is 21.2. The van der Waals surface area contributed by atoms with Crippen molar-refractivity contribution in [2.24, 2.45) is 4.99 Å². The summed E-state index contributed by atoms with van der Waals surface area (Å²) < 4.78 is 52.5. The van der Waals surface area contributed by atoms with Crippen molar-refractivity contribution < 1.29 is 27.5 Å². The Bertz CT molecular complexity index is 1280. The number of thiazole rings is 1. The standard InChI is InChI=1S/C25H24F4N2O2S2/c1-13-9-18(11-21(15(13)3)30-14(2)5-8-23(32)33)34-12-22-16(4)31-24(35-22)17-6-7-19(20(26)10-17)25(27,28)29/h6-7,9-11H,5,8,12H2,1-4H3,(H,32,33). The van der Waals surface area contributed by atoms with E-state index in [4.69, 9.17) is 5.11 Å². The molecule has 0 aliphatic carbocycles. The van der Waals surface area contributed by atoms with Crippen LogP contribution in [-0.4, -0.2) is 21.8 Å². The van der Waals surface area contributed by atoms with Gasteiger partial charge in [0.15, 0.2) is 0 Å². The summed E-state index contributed by atoms with van der Waals surface area (Å²) in [6.07, 6.45) is -4.34. The number of aliphatic imine (C=N–C) groups is 1. The number of carboxylic acid groups (broad SMARTS) is 1. The van der Waals surface area contributed by atoms with Crippen LogP contribution in [0, 0.1) is 26.6 Å². The summed E-state index contributed by atoms with van der Waals surface area (Å²) >= 11 is 2.89. The highest BCUT2D eigenvalue weighted by Gasteiger charge is 2.34. The Balaban J connectivity index is 1.78. The van der Waals surface area contributed by atoms with E-state index in [0.717, 1.165) is 50.1 Å². The molecule has 35 heavy (non-hydrogen) atoms. The van der Waals surface area contributed by atoms with Crippen LogP contribution >= 0.6 is 23.1 Å². The molecule has 0 radical (unpaired) electrons. The molecule has 10 heteroatoms. The van der Waals surface area contributed by atoms with E-state index in [1.165, 1.54) is 17.4 Å². The molecular weight excluding hydrogens is 500 g/mol. The fraction of sp³-hybridized carbons (Fsp3) is 0.320. The van der Waals surface area contributed by atoms with Gasteiger partial charge in [-0.15, -0.1) is 23.1 Å². The third-order valence-corrected chi connectivity index (χ3v) is 7.80. The number of aliphatic carboxylic acids is 1. The normalized spacial score (nSPS) is 12.3. The molecular formula is C25H24F4N2O2S2. The molecule has 0 bridgehead atoms. The van der Waals surface area contributed by atoms with Crippen LogP contribution in [0.25, 0.3) is 10.6 Å². The number of nitrogens with zero attached hydrogens (tertiary/aromatic N) is 2. The van der Waals surface area contributed by atoms with Crippen LogP contribution in [-0.2, 0) is 16.7 Å². The molecule has 1 aromatic heterocycles. The van der Waals surface area contributed by atoms with E-state index in [-0.39, 0.29) is 6.42 Å². The highest BCUT2D eigenvalue weighted by Crippen LogP contribution is 2.37. The molecule has 4 nitrogen and oxygen atoms in total. The van der Waals surface area contributed by atoms with Crippen LogP contribution in [0.4, 0.5) is 23.2 Å². The molecule has 2 aromatic carbocycles. The first kappa shape index (κ1) is 26.9. The van der Waals surface area contributed by atoms with Crippen LogP contribution in [0.3, 0.4) is 0 Å². The molecule has 0 saturated heterocycles. The number of alkyl halides is 3. The molecule has 0 aliphatic rings. The van der Waals surface area contributed by atoms with Gasteiger partial charge >= 0.3 is 12.1 Å². The fourth-order valence-electron chi connectivity index (χ4n) is 3.27. The molecule has 0 unspecified atom stereocenters. The number of benzene rings is 2. The number of hydrogen-bond acceptors (Lipinski definition) is 5. The Morgan fingerprint density at radius 3 is 2.49 bits per heavy atom. The summed E-state index contributed by atoms with van der Waals surface area (Å²) in [7, 11) is 0. The van der Waals surface area contributed by atoms with E-state index in [2.05, 4.69) is 9.98 Å². The molecule has 0 atom stereocenters. The van der Waals surface area contributed by atoms with Gasteiger partial charge in [-0.2, -0.15) is 13.2 Å². The minimum absolute atomic E-state index is 0.0254. The second-order valence-corrected chi connectivity index (χ2v) is 10.3. The number of hydrogen-bond donors (Lipinski definition) is 1. The lowest BCUT2D eigenvalue weighted by atomic mass is 10.1. The first-order chi connectivity index (χ1) is 16.3. The summed E-state index contributed by atoms with van der Waals surface area (Å²) in [4.78, 5) is 21.8. The van der Waals surface area contributed by atoms with Crippen LogP contribution in [0.1, 0.15) is 47.0 Å². The lowest BCUT2D eigenvalue weighted by Gasteiger charge is -2.10. The predicted octanol–water partition coefficient (Wildman–Crippen LogP) is 8.14. The Hall–Kier alpha value is -2.72. The van der Waals surface area contributed by atoms with Gasteiger partial charge in [-0.1, -0.05) is 6.07 Å². The number of halogens is 4. The average Bonchev–Trinajstić information content (AvgIpc) is 3.13. The van der Waals surface area contributed by atoms with Gasteiger partial charge in [0.05, 0.1) is 23.4 Å². The van der Waals surface area contributed by atoms with Crippen LogP contribution in [0.15, 0.2) is 40.2 Å². The molecule has 186 valence electrons. The van der Waals surface area contributed by atoms with Crippen molar-refractivity contribution in [2.75, 3.05) is 0 Å². The lowest BCUT2D eigenvalue weighted by molar-refractivity contribution is -0.140. The van der Waals surface area contributed by atoms with Gasteiger partial charge in [0.2, 0.25) is 0 Å². The first-order valence-electron chi connectivity index (χ1n) is 10.7. The van der Waals surface area contributed by atoms with E-state index in [1.807, 2.05) is 39.8 Å². The third kappa shape index (κ3) is 6.91. The minimum Gasteiger partial charge on any atom is -0.481 e. The number of carboxylic acids is 1. The van der Waals surface area contributed by atoms with Crippen LogP contribution < -0.4 is 0 Å². The van der Waals surface area contributed by atoms with Crippen molar-refractivity contribution >= 4 is 40.5 Å². The maximum absolute atomic E-state index is 14.0. The van der Waals surface area contributed by atoms with Crippen molar-refractivity contribution in [1.82, 2.24) is 4.98 Å². The van der Waals surface area contributed by atoms with Gasteiger partial charge in [0.25, 0.3) is 0 Å². The molecule has 1 N–H and O–H groups in total. The lowest BCUT2D eigenvalue weighted by Crippen LogP contribution is -2.07. The summed E-state index contributed by atoms with van der Waals surface area (Å²) in [6, 6.07) is 6.86. The van der Waals surface area contributed by atoms with Crippen LogP contribution in [0.2, 0.25) is 0 Å². The molecule has 0 spiro atoms. The second-order valence-electron chi connectivity index (χ2n) is 8.13. The Kier molecular flexibility index (Phi) is 8.38. The minimum atomic E-state index is -4.74. The molecule has 3 rings (SSSR count). The van der Waals surface area contributed by atoms with Gasteiger partial charge in [0, 0.05) is 26.8 Å². The quantitative estimate of drug-likeness (QED) is 0.184. The van der Waals surface area contributed by atoms with Crippen molar-refractivity contribution in [3.8, 4) is 10.6 Å². The zero-order valence-electron chi connectivity index (χ0n) is 19.6. The third-order valence-electron chi connectivity index (χ3n) is 5.41. The second kappa shape index (κ2) is 10.9. The SMILES string of the molecule is CC(CCC(=O)O)=Nc1cc(SCc2sc(-c3ccc(C(F)(F)F)c(F)c3)nc2C)cc(C)c1C. The van der Waals surface area contributed by atoms with Crippen molar-refractivity contribution in [3.63, 3.8) is 0 Å². The van der Waals surface area contributed by atoms with Crippen LogP contribution in [0.5, 0.6) is 0 Å². The first-order valence-corrected chi connectivity index (χ1v) is 12.5. The van der Waals surface area contributed by atoms with Gasteiger partial charge in [0.1, 0.15) is 10.8 Å². The number of thioether (sulfide) groups is 1. The molecule has 0 saturated carbocycles. The van der Waals surface area contributed by atoms with E-state index >= 15 is 0 Å². The summed E-state index contributed by atoms with van der Waals surface area (Å²) in [6.45, 7) is 7.58. The Morgan fingerprint density at radius 1 is 1.14 bits per heavy atom. The van der Waals surface area contributed by atoms with Gasteiger partial charge in [-0.3, -0.25) is 9.79 Å². The fourth-order valence-corrected chi connectivity index (χ4v) is 5.50. The highest BCUT2D eigenvalue weighted by atomic mass is 32.2. The Morgan fingerprint density at radius 2 is 1.86 bits per heavy atom. The summed E-state index contributed by atoms with van der Waals surface area (Å²) in [5, 5.41) is 9.34. The summed E-state index contributed by atoms with van der Waals surface area (Å²) in [5.41, 5.74) is 3.35. The van der Waals surface area contributed by atoms with E-state index in [9.17, 15) is 22.4 Å². The molecule has 0 amide bonds. The van der Waals surface area contributed by atoms with Crippen molar-refractivity contribution in [3.05, 3.63) is 63.4 Å². The van der Waals surface area contributed by atoms with E-state index < -0.39 is 23.5 Å².